The predicted octanol–water partition coefficient (Wildman–Crippen LogP) is 10.2. The fourth-order valence-corrected chi connectivity index (χ4v) is 7.16. The number of fused-ring (bicyclic) bond motifs is 6. The molecule has 0 saturated heterocycles. The molecule has 2 aromatic heterocycles. The summed E-state index contributed by atoms with van der Waals surface area (Å²) in [4.78, 5) is 10.4. The molecule has 1 aliphatic heterocycles. The Balaban J connectivity index is 1.23. The Morgan fingerprint density at radius 3 is 1.93 bits per heavy atom. The van der Waals surface area contributed by atoms with Crippen molar-refractivity contribution in [3.8, 4) is 22.8 Å². The van der Waals surface area contributed by atoms with Crippen LogP contribution in [0.3, 0.4) is 0 Å². The van der Waals surface area contributed by atoms with E-state index in [9.17, 15) is 0 Å². The van der Waals surface area contributed by atoms with Gasteiger partial charge in [0, 0.05) is 33.1 Å². The van der Waals surface area contributed by atoms with Gasteiger partial charge in [-0.3, -0.25) is 9.56 Å². The maximum Gasteiger partial charge on any atom is 0.145 e. The maximum atomic E-state index is 5.37. The normalized spacial score (nSPS) is 13.9. The highest BCUT2D eigenvalue weighted by Crippen LogP contribution is 2.49. The lowest BCUT2D eigenvalue weighted by molar-refractivity contribution is 0.738. The Morgan fingerprint density at radius 2 is 1.16 bits per heavy atom. The van der Waals surface area contributed by atoms with Crippen molar-refractivity contribution >= 4 is 44.2 Å². The summed E-state index contributed by atoms with van der Waals surface area (Å²) >= 11 is 0. The molecule has 0 bridgehead atoms. The first-order valence-corrected chi connectivity index (χ1v) is 15.4. The van der Waals surface area contributed by atoms with E-state index < -0.39 is 0 Å². The van der Waals surface area contributed by atoms with Gasteiger partial charge in [-0.1, -0.05) is 98.8 Å². The highest BCUT2D eigenvalue weighted by Gasteiger charge is 2.37. The van der Waals surface area contributed by atoms with Crippen LogP contribution in [0, 0.1) is 0 Å². The molecule has 0 spiro atoms. The number of aromatic nitrogens is 3. The first kappa shape index (κ1) is 25.7. The van der Waals surface area contributed by atoms with Gasteiger partial charge in [-0.15, -0.1) is 0 Å². The summed E-state index contributed by atoms with van der Waals surface area (Å²) in [6.07, 6.45) is 0. The van der Waals surface area contributed by atoms with E-state index in [1.165, 1.54) is 27.4 Å². The lowest BCUT2D eigenvalue weighted by atomic mass is 9.78. The molecule has 0 aliphatic carbocycles. The van der Waals surface area contributed by atoms with E-state index in [-0.39, 0.29) is 5.41 Å². The van der Waals surface area contributed by atoms with Crippen molar-refractivity contribution in [3.63, 3.8) is 0 Å². The van der Waals surface area contributed by atoms with Crippen LogP contribution in [-0.4, -0.2) is 19.8 Å². The summed E-state index contributed by atoms with van der Waals surface area (Å²) in [5.74, 6) is 0.930. The van der Waals surface area contributed by atoms with Crippen molar-refractivity contribution < 1.29 is 0 Å². The van der Waals surface area contributed by atoms with Crippen LogP contribution in [-0.2, 0) is 5.41 Å². The second-order valence-corrected chi connectivity index (χ2v) is 12.3. The average Bonchev–Trinajstić information content (AvgIpc) is 3.73. The molecule has 4 heteroatoms. The first-order chi connectivity index (χ1) is 22.1. The van der Waals surface area contributed by atoms with Crippen LogP contribution in [0.5, 0.6) is 0 Å². The summed E-state index contributed by atoms with van der Waals surface area (Å²) in [5, 5.41) is 2.42. The lowest BCUT2D eigenvalue weighted by Crippen LogP contribution is -2.26. The molecule has 4 nitrogen and oxygen atoms in total. The smallest absolute Gasteiger partial charge is 0.145 e. The fourth-order valence-electron chi connectivity index (χ4n) is 7.16. The molecule has 0 unspecified atom stereocenters. The minimum Gasteiger partial charge on any atom is -0.309 e. The minimum atomic E-state index is -0.195. The van der Waals surface area contributed by atoms with Crippen LogP contribution in [0.4, 0.5) is 5.69 Å². The van der Waals surface area contributed by atoms with Crippen LogP contribution in [0.1, 0.15) is 25.0 Å². The highest BCUT2D eigenvalue weighted by molar-refractivity contribution is 6.21. The van der Waals surface area contributed by atoms with Crippen molar-refractivity contribution in [2.75, 3.05) is 0 Å². The zero-order valence-corrected chi connectivity index (χ0v) is 25.1. The summed E-state index contributed by atoms with van der Waals surface area (Å²) in [7, 11) is 0. The monoisotopic (exact) mass is 578 g/mol. The van der Waals surface area contributed by atoms with Gasteiger partial charge in [-0.2, -0.15) is 0 Å². The Kier molecular flexibility index (Phi) is 5.51. The van der Waals surface area contributed by atoms with E-state index in [1.54, 1.807) is 0 Å². The SMILES string of the molecule is CC1(C)C(c2ccccc2)=Nc2c1ccc1c2c2ccccc2n1-c1ccc(-c2nc3ccccc3n2-c2ccccc2)cc1. The van der Waals surface area contributed by atoms with Crippen LogP contribution in [0.2, 0.25) is 0 Å². The van der Waals surface area contributed by atoms with Crippen molar-refractivity contribution in [1.29, 1.82) is 0 Å². The second-order valence-electron chi connectivity index (χ2n) is 12.3. The Bertz CT molecular complexity index is 2430. The number of benzene rings is 6. The maximum absolute atomic E-state index is 5.37. The first-order valence-electron chi connectivity index (χ1n) is 15.4. The van der Waals surface area contributed by atoms with Gasteiger partial charge in [0.2, 0.25) is 0 Å². The molecular weight excluding hydrogens is 548 g/mol. The number of imidazole rings is 1. The molecule has 0 radical (unpaired) electrons. The van der Waals surface area contributed by atoms with Crippen molar-refractivity contribution in [3.05, 3.63) is 157 Å². The molecule has 8 aromatic rings. The van der Waals surface area contributed by atoms with E-state index in [1.807, 2.05) is 12.1 Å². The Morgan fingerprint density at radius 1 is 0.511 bits per heavy atom. The number of nitrogens with zero attached hydrogens (tertiary/aromatic N) is 4. The van der Waals surface area contributed by atoms with Crippen LogP contribution in [0.15, 0.2) is 151 Å². The largest absolute Gasteiger partial charge is 0.309 e. The molecule has 45 heavy (non-hydrogen) atoms. The minimum absolute atomic E-state index is 0.195. The van der Waals surface area contributed by atoms with Gasteiger partial charge in [-0.05, 0) is 71.8 Å². The summed E-state index contributed by atoms with van der Waals surface area (Å²) in [5.41, 5.74) is 12.1. The van der Waals surface area contributed by atoms with E-state index in [0.29, 0.717) is 0 Å². The zero-order chi connectivity index (χ0) is 30.1. The van der Waals surface area contributed by atoms with Crippen LogP contribution in [0.25, 0.3) is 55.6 Å². The molecular formula is C41H30N4. The van der Waals surface area contributed by atoms with Crippen molar-refractivity contribution in [2.24, 2.45) is 4.99 Å². The van der Waals surface area contributed by atoms with Gasteiger partial charge >= 0.3 is 0 Å². The number of para-hydroxylation sites is 4. The third kappa shape index (κ3) is 3.79. The second kappa shape index (κ2) is 9.63. The molecule has 3 heterocycles. The fraction of sp³-hybridized carbons (Fsp3) is 0.0732. The molecule has 6 aromatic carbocycles. The average molecular weight is 579 g/mol. The number of aliphatic imine (C=N–C) groups is 1. The molecule has 9 rings (SSSR count). The summed E-state index contributed by atoms with van der Waals surface area (Å²) in [6.45, 7) is 4.58. The van der Waals surface area contributed by atoms with Crippen molar-refractivity contribution in [2.45, 2.75) is 19.3 Å². The molecule has 0 saturated carbocycles. The van der Waals surface area contributed by atoms with Crippen LogP contribution >= 0.6 is 0 Å². The van der Waals surface area contributed by atoms with Gasteiger partial charge in [0.1, 0.15) is 5.82 Å². The van der Waals surface area contributed by atoms with Gasteiger partial charge in [-0.25, -0.2) is 4.98 Å². The van der Waals surface area contributed by atoms with E-state index in [2.05, 4.69) is 156 Å². The molecule has 0 fully saturated rings. The number of rotatable bonds is 4. The Hall–Kier alpha value is -5.74. The standard InChI is InChI=1S/C41H30N4/c1-41(2)32-25-26-36-37(38(32)43-39(41)27-13-5-3-6-14-27)31-17-9-11-19-34(31)44(36)30-23-21-28(22-24-30)40-42-33-18-10-12-20-35(33)45(40)29-15-7-4-8-16-29/h3-26H,1-2H3. The molecule has 1 aliphatic rings. The number of hydrogen-bond donors (Lipinski definition) is 0. The topological polar surface area (TPSA) is 35.1 Å². The quantitative estimate of drug-likeness (QED) is 0.205. The van der Waals surface area contributed by atoms with Gasteiger partial charge < -0.3 is 4.57 Å². The van der Waals surface area contributed by atoms with Gasteiger partial charge in [0.05, 0.1) is 33.5 Å². The summed E-state index contributed by atoms with van der Waals surface area (Å²) < 4.78 is 4.62. The predicted molar refractivity (Wildman–Crippen MR) is 187 cm³/mol. The molecule has 214 valence electrons. The van der Waals surface area contributed by atoms with E-state index in [0.717, 1.165) is 50.7 Å². The van der Waals surface area contributed by atoms with Crippen molar-refractivity contribution in [1.82, 2.24) is 14.1 Å². The third-order valence-corrected chi connectivity index (χ3v) is 9.31. The zero-order valence-electron chi connectivity index (χ0n) is 25.1. The molecule has 0 atom stereocenters. The van der Waals surface area contributed by atoms with E-state index in [4.69, 9.17) is 9.98 Å². The van der Waals surface area contributed by atoms with Gasteiger partial charge in [0.25, 0.3) is 0 Å². The van der Waals surface area contributed by atoms with Gasteiger partial charge in [0.15, 0.2) is 0 Å². The lowest BCUT2D eigenvalue weighted by Gasteiger charge is -2.22. The molecule has 0 amide bonds. The number of hydrogen-bond acceptors (Lipinski definition) is 2. The molecule has 0 N–H and O–H groups in total. The summed E-state index contributed by atoms with van der Waals surface area (Å²) in [6, 6.07) is 51.5. The Labute approximate surface area is 261 Å². The van der Waals surface area contributed by atoms with Crippen LogP contribution < -0.4 is 0 Å². The highest BCUT2D eigenvalue weighted by atomic mass is 15.1. The third-order valence-electron chi connectivity index (χ3n) is 9.31. The van der Waals surface area contributed by atoms with E-state index >= 15 is 0 Å².